The lowest BCUT2D eigenvalue weighted by atomic mass is 9.92. The minimum atomic E-state index is -6.75. The van der Waals surface area contributed by atoms with E-state index in [0.29, 0.717) is 4.90 Å². The van der Waals surface area contributed by atoms with Gasteiger partial charge in [0.2, 0.25) is 0 Å². The van der Waals surface area contributed by atoms with Crippen LogP contribution in [0.25, 0.3) is 0 Å². The zero-order valence-corrected chi connectivity index (χ0v) is 22.8. The van der Waals surface area contributed by atoms with E-state index in [1.165, 1.54) is 6.20 Å². The minimum absolute atomic E-state index is 0.262. The summed E-state index contributed by atoms with van der Waals surface area (Å²) in [6.45, 7) is -0.456. The molecule has 44 heavy (non-hydrogen) atoms. The van der Waals surface area contributed by atoms with Crippen molar-refractivity contribution in [3.63, 3.8) is 0 Å². The minimum Gasteiger partial charge on any atom is -0.320 e. The number of hydrogen-bond acceptors (Lipinski definition) is 5. The number of nitrogens with zero attached hydrogens (tertiary/aromatic N) is 4. The SMILES string of the molecule is N#CCCN(C(=O)c1cnccn1)c1cccc(C(=O)Nc2c(Br)cc(C(F)(C(F)(F)F)C(F)(F)F)cc2C(F)(F)F)c1F. The molecule has 0 saturated carbocycles. The first-order valence-electron chi connectivity index (χ1n) is 11.5. The molecule has 0 unspecified atom stereocenters. The van der Waals surface area contributed by atoms with Crippen molar-refractivity contribution >= 4 is 39.1 Å². The molecule has 1 heterocycles. The maximum atomic E-state index is 15.6. The van der Waals surface area contributed by atoms with Crippen molar-refractivity contribution in [2.24, 2.45) is 0 Å². The van der Waals surface area contributed by atoms with Crippen LogP contribution in [0.3, 0.4) is 0 Å². The van der Waals surface area contributed by atoms with E-state index in [0.717, 1.165) is 30.6 Å². The van der Waals surface area contributed by atoms with Gasteiger partial charge in [-0.3, -0.25) is 14.6 Å². The summed E-state index contributed by atoms with van der Waals surface area (Å²) in [5, 5.41) is 10.5. The molecule has 234 valence electrons. The number of halogens is 12. The molecule has 0 aliphatic carbocycles. The van der Waals surface area contributed by atoms with Gasteiger partial charge in [-0.2, -0.15) is 44.8 Å². The number of benzene rings is 2. The van der Waals surface area contributed by atoms with Gasteiger partial charge in [0.1, 0.15) is 5.69 Å². The van der Waals surface area contributed by atoms with Gasteiger partial charge in [0.15, 0.2) is 5.82 Å². The van der Waals surface area contributed by atoms with Crippen molar-refractivity contribution in [2.45, 2.75) is 30.6 Å². The van der Waals surface area contributed by atoms with E-state index < -0.39 is 87.0 Å². The Morgan fingerprint density at radius 3 is 2.14 bits per heavy atom. The molecule has 0 spiro atoms. The molecule has 0 bridgehead atoms. The van der Waals surface area contributed by atoms with Crippen LogP contribution in [0.2, 0.25) is 0 Å². The Labute approximate surface area is 247 Å². The molecular formula is C25H13BrF11N5O2. The summed E-state index contributed by atoms with van der Waals surface area (Å²) in [6, 6.07) is 3.37. The fraction of sp³-hybridized carbons (Fsp3) is 0.240. The van der Waals surface area contributed by atoms with E-state index in [1.807, 2.05) is 0 Å². The molecule has 0 fully saturated rings. The number of nitrogens with one attached hydrogen (secondary N) is 1. The molecule has 3 aromatic rings. The highest BCUT2D eigenvalue weighted by atomic mass is 79.9. The molecular weight excluding hydrogens is 691 g/mol. The molecule has 7 nitrogen and oxygen atoms in total. The zero-order chi connectivity index (χ0) is 33.3. The first-order chi connectivity index (χ1) is 20.3. The first-order valence-corrected chi connectivity index (χ1v) is 12.3. The third-order valence-electron chi connectivity index (χ3n) is 5.80. The maximum Gasteiger partial charge on any atom is 0.435 e. The smallest absolute Gasteiger partial charge is 0.320 e. The normalized spacial score (nSPS) is 12.4. The number of amides is 2. The van der Waals surface area contributed by atoms with Gasteiger partial charge >= 0.3 is 24.2 Å². The quantitative estimate of drug-likeness (QED) is 0.257. The summed E-state index contributed by atoms with van der Waals surface area (Å²) in [5.74, 6) is -4.21. The molecule has 0 saturated heterocycles. The summed E-state index contributed by atoms with van der Waals surface area (Å²) < 4.78 is 150. The van der Waals surface area contributed by atoms with Gasteiger partial charge in [-0.05, 0) is 40.2 Å². The van der Waals surface area contributed by atoms with E-state index in [1.54, 1.807) is 11.4 Å². The average molecular weight is 704 g/mol. The van der Waals surface area contributed by atoms with Crippen molar-refractivity contribution in [2.75, 3.05) is 16.8 Å². The number of carbonyl (C=O) groups excluding carboxylic acids is 2. The summed E-state index contributed by atoms with van der Waals surface area (Å²) in [7, 11) is 0. The zero-order valence-electron chi connectivity index (χ0n) is 21.2. The van der Waals surface area contributed by atoms with Gasteiger partial charge in [0.25, 0.3) is 11.8 Å². The number of alkyl halides is 10. The Balaban J connectivity index is 2.12. The summed E-state index contributed by atoms with van der Waals surface area (Å²) in [6.07, 6.45) is -16.3. The highest BCUT2D eigenvalue weighted by Gasteiger charge is 2.73. The predicted octanol–water partition coefficient (Wildman–Crippen LogP) is 7.50. The van der Waals surface area contributed by atoms with Crippen LogP contribution in [-0.4, -0.2) is 40.7 Å². The Hall–Kier alpha value is -4.34. The number of anilines is 2. The fourth-order valence-electron chi connectivity index (χ4n) is 3.77. The summed E-state index contributed by atoms with van der Waals surface area (Å²) >= 11 is 2.34. The van der Waals surface area contributed by atoms with Crippen molar-refractivity contribution in [3.8, 4) is 6.07 Å². The third kappa shape index (κ3) is 6.59. The van der Waals surface area contributed by atoms with Crippen LogP contribution < -0.4 is 10.2 Å². The van der Waals surface area contributed by atoms with Crippen molar-refractivity contribution in [3.05, 3.63) is 81.6 Å². The molecule has 0 aliphatic rings. The predicted molar refractivity (Wildman–Crippen MR) is 132 cm³/mol. The monoisotopic (exact) mass is 703 g/mol. The molecule has 3 rings (SSSR count). The maximum absolute atomic E-state index is 15.6. The lowest BCUT2D eigenvalue weighted by Gasteiger charge is -2.31. The van der Waals surface area contributed by atoms with E-state index in [2.05, 4.69) is 25.9 Å². The lowest BCUT2D eigenvalue weighted by Crippen LogP contribution is -2.50. The van der Waals surface area contributed by atoms with Crippen LogP contribution in [0.5, 0.6) is 0 Å². The Bertz CT molecular complexity index is 1590. The highest BCUT2D eigenvalue weighted by molar-refractivity contribution is 9.10. The fourth-order valence-corrected chi connectivity index (χ4v) is 4.33. The van der Waals surface area contributed by atoms with Crippen molar-refractivity contribution < 1.29 is 57.9 Å². The van der Waals surface area contributed by atoms with Gasteiger partial charge < -0.3 is 10.2 Å². The van der Waals surface area contributed by atoms with Gasteiger partial charge in [-0.25, -0.2) is 13.8 Å². The van der Waals surface area contributed by atoms with Crippen LogP contribution >= 0.6 is 15.9 Å². The second-order valence-electron chi connectivity index (χ2n) is 8.58. The molecule has 0 atom stereocenters. The van der Waals surface area contributed by atoms with Crippen LogP contribution in [0, 0.1) is 17.1 Å². The molecule has 0 radical (unpaired) electrons. The van der Waals surface area contributed by atoms with Crippen molar-refractivity contribution in [1.82, 2.24) is 9.97 Å². The Morgan fingerprint density at radius 2 is 1.61 bits per heavy atom. The van der Waals surface area contributed by atoms with E-state index in [4.69, 9.17) is 5.26 Å². The van der Waals surface area contributed by atoms with Crippen molar-refractivity contribution in [1.29, 1.82) is 5.26 Å². The third-order valence-corrected chi connectivity index (χ3v) is 6.43. The number of nitriles is 1. The second kappa shape index (κ2) is 12.3. The molecule has 2 aromatic carbocycles. The average Bonchev–Trinajstić information content (AvgIpc) is 2.92. The number of rotatable bonds is 7. The molecule has 1 aromatic heterocycles. The van der Waals surface area contributed by atoms with Crippen LogP contribution in [0.1, 0.15) is 38.4 Å². The highest BCUT2D eigenvalue weighted by Crippen LogP contribution is 2.55. The Kier molecular flexibility index (Phi) is 9.58. The van der Waals surface area contributed by atoms with Gasteiger partial charge in [0.05, 0.1) is 41.2 Å². The number of aromatic nitrogens is 2. The van der Waals surface area contributed by atoms with E-state index in [9.17, 15) is 53.5 Å². The summed E-state index contributed by atoms with van der Waals surface area (Å²) in [4.78, 5) is 34.0. The van der Waals surface area contributed by atoms with Crippen LogP contribution in [0.15, 0.2) is 53.4 Å². The van der Waals surface area contributed by atoms with Crippen LogP contribution in [0.4, 0.5) is 59.7 Å². The van der Waals surface area contributed by atoms with E-state index in [-0.39, 0.29) is 18.2 Å². The topological polar surface area (TPSA) is 99.0 Å². The van der Waals surface area contributed by atoms with Crippen LogP contribution in [-0.2, 0) is 11.8 Å². The molecule has 19 heteroatoms. The first kappa shape index (κ1) is 34.2. The lowest BCUT2D eigenvalue weighted by molar-refractivity contribution is -0.348. The Morgan fingerprint density at radius 1 is 0.977 bits per heavy atom. The number of carbonyl (C=O) groups is 2. The number of hydrogen-bond donors (Lipinski definition) is 1. The standard InChI is InChI=1S/C25H13BrF11N5O2/c26-15-10-12(22(28,24(32,33)34)25(35,36)37)9-14(23(29,30)31)19(15)41-20(43)13-3-1-4-17(18(13)27)42(8-2-5-38)21(44)16-11-39-6-7-40-16/h1,3-4,6-7,9-11H,2,8H2,(H,41,43). The largest absolute Gasteiger partial charge is 0.435 e. The molecule has 0 aliphatic heterocycles. The second-order valence-corrected chi connectivity index (χ2v) is 9.44. The van der Waals surface area contributed by atoms with Gasteiger partial charge in [-0.1, -0.05) is 6.07 Å². The van der Waals surface area contributed by atoms with Gasteiger partial charge in [-0.15, -0.1) is 0 Å². The summed E-state index contributed by atoms with van der Waals surface area (Å²) in [5.41, 5.74) is -14.6. The van der Waals surface area contributed by atoms with E-state index >= 15 is 4.39 Å². The molecule has 1 N–H and O–H groups in total. The molecule has 2 amide bonds. The van der Waals surface area contributed by atoms with Gasteiger partial charge in [0, 0.05) is 29.0 Å².